The van der Waals surface area contributed by atoms with Crippen LogP contribution in [0.4, 0.5) is 0 Å². The van der Waals surface area contributed by atoms with Crippen LogP contribution >= 0.6 is 23.2 Å². The molecule has 8 heteroatoms. The summed E-state index contributed by atoms with van der Waals surface area (Å²) in [5.74, 6) is 0.320. The van der Waals surface area contributed by atoms with Crippen molar-refractivity contribution < 1.29 is 19.4 Å². The van der Waals surface area contributed by atoms with E-state index in [0.29, 0.717) is 35.2 Å². The lowest BCUT2D eigenvalue weighted by Crippen LogP contribution is -2.26. The molecule has 0 spiro atoms. The molecule has 1 aromatic heterocycles. The molecule has 0 aliphatic rings. The van der Waals surface area contributed by atoms with Gasteiger partial charge in [0, 0.05) is 6.54 Å². The van der Waals surface area contributed by atoms with Crippen molar-refractivity contribution in [1.82, 2.24) is 4.57 Å². The summed E-state index contributed by atoms with van der Waals surface area (Å²) in [6.45, 7) is 0.391. The van der Waals surface area contributed by atoms with Gasteiger partial charge in [0.15, 0.2) is 0 Å². The average Bonchev–Trinajstić information content (AvgIpc) is 2.75. The Morgan fingerprint density at radius 3 is 2.23 bits per heavy atom. The highest BCUT2D eigenvalue weighted by Crippen LogP contribution is 2.22. The Labute approximate surface area is 183 Å². The number of aromatic nitrogens is 1. The second-order valence-electron chi connectivity index (χ2n) is 6.46. The van der Waals surface area contributed by atoms with Gasteiger partial charge in [-0.25, -0.2) is 4.79 Å². The monoisotopic (exact) mass is 447 g/mol. The van der Waals surface area contributed by atoms with Gasteiger partial charge >= 0.3 is 5.97 Å². The Morgan fingerprint density at radius 1 is 1.00 bits per heavy atom. The first kappa shape index (κ1) is 21.7. The number of carbonyl (C=O) groups is 1. The van der Waals surface area contributed by atoms with E-state index >= 15 is 0 Å². The normalized spacial score (nSPS) is 10.6. The number of rotatable bonds is 8. The lowest BCUT2D eigenvalue weighted by molar-refractivity contribution is 0.0697. The first-order chi connectivity index (χ1) is 14.4. The van der Waals surface area contributed by atoms with Crippen molar-refractivity contribution >= 4 is 29.2 Å². The molecule has 0 bridgehead atoms. The average molecular weight is 448 g/mol. The molecule has 3 aromatic rings. The van der Waals surface area contributed by atoms with E-state index in [0.717, 1.165) is 5.56 Å². The van der Waals surface area contributed by atoms with Crippen LogP contribution in [0, 0.1) is 0 Å². The molecule has 0 radical (unpaired) electrons. The summed E-state index contributed by atoms with van der Waals surface area (Å²) < 4.78 is 12.4. The molecule has 0 aliphatic heterocycles. The van der Waals surface area contributed by atoms with Crippen molar-refractivity contribution in [2.24, 2.45) is 0 Å². The number of nitrogens with zero attached hydrogens (tertiary/aromatic N) is 1. The molecule has 30 heavy (non-hydrogen) atoms. The Hall–Kier alpha value is -2.96. The number of carboxylic acid groups (broad SMARTS) is 1. The van der Waals surface area contributed by atoms with Gasteiger partial charge in [-0.3, -0.25) is 4.79 Å². The van der Waals surface area contributed by atoms with Crippen LogP contribution < -0.4 is 15.0 Å². The topological polar surface area (TPSA) is 77.8 Å². The van der Waals surface area contributed by atoms with Gasteiger partial charge in [-0.1, -0.05) is 35.3 Å². The number of aryl methyl sites for hydroxylation is 1. The van der Waals surface area contributed by atoms with Gasteiger partial charge in [-0.15, -0.1) is 0 Å². The van der Waals surface area contributed by atoms with Crippen molar-refractivity contribution in [2.45, 2.75) is 19.6 Å². The number of hydrogen-bond donors (Lipinski definition) is 1. The van der Waals surface area contributed by atoms with Crippen LogP contribution in [-0.4, -0.2) is 22.8 Å². The molecule has 0 atom stereocenters. The van der Waals surface area contributed by atoms with Crippen molar-refractivity contribution in [3.63, 3.8) is 0 Å². The van der Waals surface area contributed by atoms with E-state index in [9.17, 15) is 9.59 Å². The molecule has 0 unspecified atom stereocenters. The standard InChI is InChI=1S/C22H19Cl2NO5/c1-29-16-6-8-17(9-7-16)30-13-20-18(23)12-19(24)21(26)25(20)11-10-14-2-4-15(5-3-14)22(27)28/h2-9,12H,10-11,13H2,1H3,(H,27,28). The first-order valence-corrected chi connectivity index (χ1v) is 9.81. The number of pyridine rings is 1. The van der Waals surface area contributed by atoms with Crippen LogP contribution in [0.25, 0.3) is 0 Å². The molecule has 1 heterocycles. The van der Waals surface area contributed by atoms with Gasteiger partial charge in [0.1, 0.15) is 23.1 Å². The summed E-state index contributed by atoms with van der Waals surface area (Å²) in [6, 6.07) is 15.0. The van der Waals surface area contributed by atoms with Crippen molar-refractivity contribution in [3.8, 4) is 11.5 Å². The lowest BCUT2D eigenvalue weighted by atomic mass is 10.1. The Bertz CT molecular complexity index is 1090. The summed E-state index contributed by atoms with van der Waals surface area (Å²) in [5, 5.41) is 9.35. The lowest BCUT2D eigenvalue weighted by Gasteiger charge is -2.16. The van der Waals surface area contributed by atoms with Gasteiger partial charge in [-0.05, 0) is 54.4 Å². The third-order valence-corrected chi connectivity index (χ3v) is 5.16. The molecule has 0 saturated heterocycles. The SMILES string of the molecule is COc1ccc(OCc2c(Cl)cc(Cl)c(=O)n2CCc2ccc(C(=O)O)cc2)cc1. The maximum atomic E-state index is 12.6. The fraction of sp³-hybridized carbons (Fsp3) is 0.182. The number of methoxy groups -OCH3 is 1. The Morgan fingerprint density at radius 2 is 1.63 bits per heavy atom. The Balaban J connectivity index is 1.80. The second-order valence-corrected chi connectivity index (χ2v) is 7.27. The summed E-state index contributed by atoms with van der Waals surface area (Å²) in [4.78, 5) is 23.6. The van der Waals surface area contributed by atoms with E-state index in [-0.39, 0.29) is 22.8 Å². The molecule has 1 N–H and O–H groups in total. The summed E-state index contributed by atoms with van der Waals surface area (Å²) in [7, 11) is 1.58. The zero-order chi connectivity index (χ0) is 21.7. The minimum absolute atomic E-state index is 0.0226. The third kappa shape index (κ3) is 5.14. The van der Waals surface area contributed by atoms with Gasteiger partial charge < -0.3 is 19.1 Å². The molecular weight excluding hydrogens is 429 g/mol. The van der Waals surface area contributed by atoms with Crippen molar-refractivity contribution in [1.29, 1.82) is 0 Å². The fourth-order valence-electron chi connectivity index (χ4n) is 2.90. The van der Waals surface area contributed by atoms with E-state index in [1.54, 1.807) is 43.5 Å². The highest BCUT2D eigenvalue weighted by atomic mass is 35.5. The number of aromatic carboxylic acids is 1. The highest BCUT2D eigenvalue weighted by Gasteiger charge is 2.14. The van der Waals surface area contributed by atoms with Crippen LogP contribution in [0.1, 0.15) is 21.6 Å². The number of benzene rings is 2. The summed E-state index contributed by atoms with van der Waals surface area (Å²) in [5.41, 5.74) is 1.22. The van der Waals surface area contributed by atoms with E-state index in [1.165, 1.54) is 22.8 Å². The highest BCUT2D eigenvalue weighted by molar-refractivity contribution is 6.34. The smallest absolute Gasteiger partial charge is 0.335 e. The van der Waals surface area contributed by atoms with Crippen LogP contribution in [-0.2, 0) is 19.6 Å². The quantitative estimate of drug-likeness (QED) is 0.542. The molecule has 6 nitrogen and oxygen atoms in total. The number of carboxylic acids is 1. The molecule has 0 fully saturated rings. The zero-order valence-corrected chi connectivity index (χ0v) is 17.6. The predicted octanol–water partition coefficient (Wildman–Crippen LogP) is 4.68. The predicted molar refractivity (Wildman–Crippen MR) is 115 cm³/mol. The van der Waals surface area contributed by atoms with Gasteiger partial charge in [-0.2, -0.15) is 0 Å². The minimum Gasteiger partial charge on any atom is -0.497 e. The van der Waals surface area contributed by atoms with Gasteiger partial charge in [0.05, 0.1) is 23.4 Å². The number of halogens is 2. The third-order valence-electron chi connectivity index (χ3n) is 4.56. The van der Waals surface area contributed by atoms with Crippen LogP contribution in [0.2, 0.25) is 10.0 Å². The van der Waals surface area contributed by atoms with Crippen LogP contribution in [0.3, 0.4) is 0 Å². The summed E-state index contributed by atoms with van der Waals surface area (Å²) in [6.07, 6.45) is 0.492. The van der Waals surface area contributed by atoms with E-state index in [4.69, 9.17) is 37.8 Å². The number of hydrogen-bond acceptors (Lipinski definition) is 4. The minimum atomic E-state index is -0.989. The molecular formula is C22H19Cl2NO5. The maximum Gasteiger partial charge on any atom is 0.335 e. The number of ether oxygens (including phenoxy) is 2. The molecule has 0 saturated carbocycles. The largest absolute Gasteiger partial charge is 0.497 e. The Kier molecular flexibility index (Phi) is 7.03. The molecule has 3 rings (SSSR count). The molecule has 2 aromatic carbocycles. The fourth-order valence-corrected chi connectivity index (χ4v) is 3.43. The summed E-state index contributed by atoms with van der Waals surface area (Å²) >= 11 is 12.4. The van der Waals surface area contributed by atoms with Crippen LogP contribution in [0.5, 0.6) is 11.5 Å². The second kappa shape index (κ2) is 9.69. The molecule has 0 aliphatic carbocycles. The van der Waals surface area contributed by atoms with Gasteiger partial charge in [0.25, 0.3) is 5.56 Å². The van der Waals surface area contributed by atoms with Crippen molar-refractivity contribution in [3.05, 3.63) is 91.8 Å². The molecule has 0 amide bonds. The van der Waals surface area contributed by atoms with Gasteiger partial charge in [0.2, 0.25) is 0 Å². The molecule has 156 valence electrons. The zero-order valence-electron chi connectivity index (χ0n) is 16.1. The maximum absolute atomic E-state index is 12.6. The van der Waals surface area contributed by atoms with E-state index < -0.39 is 5.97 Å². The first-order valence-electron chi connectivity index (χ1n) is 9.06. The van der Waals surface area contributed by atoms with E-state index in [2.05, 4.69) is 0 Å². The van der Waals surface area contributed by atoms with Crippen molar-refractivity contribution in [2.75, 3.05) is 7.11 Å². The van der Waals surface area contributed by atoms with E-state index in [1.807, 2.05) is 0 Å². The van der Waals surface area contributed by atoms with Crippen LogP contribution in [0.15, 0.2) is 59.4 Å².